The fourth-order valence-electron chi connectivity index (χ4n) is 4.80. The zero-order valence-electron chi connectivity index (χ0n) is 25.1. The third-order valence-corrected chi connectivity index (χ3v) is 9.05. The van der Waals surface area contributed by atoms with E-state index in [0.717, 1.165) is 10.5 Å². The van der Waals surface area contributed by atoms with Crippen LogP contribution in [0.2, 0.25) is 10.0 Å². The Morgan fingerprint density at radius 1 is 0.708 bits per heavy atom. The summed E-state index contributed by atoms with van der Waals surface area (Å²) in [5.41, 5.74) is 2.48. The van der Waals surface area contributed by atoms with E-state index in [1.54, 1.807) is 84.9 Å². The maximum atomic E-state index is 13.7. The number of rotatable bonds is 10. The highest BCUT2D eigenvalue weighted by Crippen LogP contribution is 2.39. The summed E-state index contributed by atoms with van der Waals surface area (Å²) in [4.78, 5) is 41.2. The van der Waals surface area contributed by atoms with E-state index in [9.17, 15) is 14.4 Å². The van der Waals surface area contributed by atoms with E-state index in [1.807, 2.05) is 36.4 Å². The average molecular weight is 697 g/mol. The molecule has 3 amide bonds. The fourth-order valence-corrected chi connectivity index (χ4v) is 6.39. The van der Waals surface area contributed by atoms with Gasteiger partial charge in [-0.3, -0.25) is 14.4 Å². The first-order chi connectivity index (χ1) is 23.3. The number of hydrogen-bond donors (Lipinski definition) is 3. The summed E-state index contributed by atoms with van der Waals surface area (Å²) >= 11 is 14.1. The van der Waals surface area contributed by atoms with Crippen molar-refractivity contribution in [1.29, 1.82) is 0 Å². The van der Waals surface area contributed by atoms with Crippen molar-refractivity contribution < 1.29 is 23.9 Å². The molecule has 240 valence electrons. The third kappa shape index (κ3) is 8.01. The highest BCUT2D eigenvalue weighted by atomic mass is 35.5. The van der Waals surface area contributed by atoms with Gasteiger partial charge in [-0.15, -0.1) is 11.8 Å². The monoisotopic (exact) mass is 695 g/mol. The van der Waals surface area contributed by atoms with Crippen LogP contribution in [0, 0.1) is 0 Å². The first kappa shape index (κ1) is 32.7. The number of hydrogen-bond acceptors (Lipinski definition) is 6. The summed E-state index contributed by atoms with van der Waals surface area (Å²) in [5, 5.41) is 8.52. The molecular formula is C37H27Cl2N3O5S. The van der Waals surface area contributed by atoms with Crippen LogP contribution >= 0.6 is 35.0 Å². The summed E-state index contributed by atoms with van der Waals surface area (Å²) in [6.45, 7) is 0.131. The first-order valence-electron chi connectivity index (χ1n) is 14.7. The van der Waals surface area contributed by atoms with Crippen molar-refractivity contribution in [2.24, 2.45) is 0 Å². The zero-order chi connectivity index (χ0) is 33.5. The molecule has 1 aliphatic heterocycles. The van der Waals surface area contributed by atoms with Gasteiger partial charge < -0.3 is 25.4 Å². The van der Waals surface area contributed by atoms with Crippen LogP contribution in [-0.2, 0) is 9.59 Å². The Labute approximate surface area is 291 Å². The van der Waals surface area contributed by atoms with Crippen molar-refractivity contribution in [3.8, 4) is 11.5 Å². The lowest BCUT2D eigenvalue weighted by molar-refractivity contribution is -0.116. The lowest BCUT2D eigenvalue weighted by Crippen LogP contribution is -2.30. The molecular weight excluding hydrogens is 669 g/mol. The Balaban J connectivity index is 1.24. The molecule has 0 fully saturated rings. The van der Waals surface area contributed by atoms with Gasteiger partial charge in [0.05, 0.1) is 0 Å². The second-order valence-corrected chi connectivity index (χ2v) is 12.5. The lowest BCUT2D eigenvalue weighted by atomic mass is 10.1. The molecule has 0 aromatic heterocycles. The standard InChI is InChI=1S/C37H27Cl2N3O5S/c38-29-15-8-16-30(39)28(29)21-31(42-35(43)24-11-5-2-6-12-24)36(44)40-25-13-7-14-27(19-25)48-34(23-9-3-1-4-10-23)37(45)41-26-17-18-32-33(20-26)47-22-46-32/h1-21,34H,22H2,(H,40,44)(H,41,45)(H,42,43)/b31-21+. The zero-order valence-corrected chi connectivity index (χ0v) is 27.4. The van der Waals surface area contributed by atoms with Crippen molar-refractivity contribution in [2.75, 3.05) is 17.4 Å². The van der Waals surface area contributed by atoms with Crippen molar-refractivity contribution >= 4 is 70.1 Å². The van der Waals surface area contributed by atoms with E-state index in [4.69, 9.17) is 32.7 Å². The molecule has 0 saturated carbocycles. The minimum absolute atomic E-state index is 0.0674. The van der Waals surface area contributed by atoms with Crippen LogP contribution in [0.5, 0.6) is 11.5 Å². The highest BCUT2D eigenvalue weighted by molar-refractivity contribution is 8.00. The molecule has 1 heterocycles. The van der Waals surface area contributed by atoms with Crippen molar-refractivity contribution in [1.82, 2.24) is 5.32 Å². The van der Waals surface area contributed by atoms with E-state index < -0.39 is 17.1 Å². The number of nitrogens with one attached hydrogen (secondary N) is 3. The number of fused-ring (bicyclic) bond motifs is 1. The van der Waals surface area contributed by atoms with Crippen LogP contribution in [0.3, 0.4) is 0 Å². The molecule has 48 heavy (non-hydrogen) atoms. The number of ether oxygens (including phenoxy) is 2. The van der Waals surface area contributed by atoms with E-state index in [-0.39, 0.29) is 18.4 Å². The molecule has 1 atom stereocenters. The highest BCUT2D eigenvalue weighted by Gasteiger charge is 2.24. The molecule has 1 aliphatic rings. The maximum Gasteiger partial charge on any atom is 0.272 e. The lowest BCUT2D eigenvalue weighted by Gasteiger charge is -2.18. The number of carbonyl (C=O) groups is 3. The van der Waals surface area contributed by atoms with Crippen molar-refractivity contribution in [3.05, 3.63) is 154 Å². The quantitative estimate of drug-likeness (QED) is 0.0998. The molecule has 11 heteroatoms. The van der Waals surface area contributed by atoms with Gasteiger partial charge >= 0.3 is 0 Å². The van der Waals surface area contributed by atoms with Gasteiger partial charge in [-0.05, 0) is 66.2 Å². The van der Waals surface area contributed by atoms with Crippen LogP contribution in [0.25, 0.3) is 6.08 Å². The molecule has 0 radical (unpaired) electrons. The molecule has 3 N–H and O–H groups in total. The number of thioether (sulfide) groups is 1. The summed E-state index contributed by atoms with van der Waals surface area (Å²) in [7, 11) is 0. The largest absolute Gasteiger partial charge is 0.454 e. The summed E-state index contributed by atoms with van der Waals surface area (Å²) in [5.74, 6) is -0.148. The molecule has 6 rings (SSSR count). The summed E-state index contributed by atoms with van der Waals surface area (Å²) < 4.78 is 10.8. The van der Waals surface area contributed by atoms with Gasteiger partial charge in [0.25, 0.3) is 11.8 Å². The van der Waals surface area contributed by atoms with Gasteiger partial charge in [0.2, 0.25) is 12.7 Å². The number of carbonyl (C=O) groups excluding carboxylic acids is 3. The Morgan fingerprint density at radius 3 is 2.12 bits per heavy atom. The topological polar surface area (TPSA) is 106 Å². The number of halogens is 2. The van der Waals surface area contributed by atoms with E-state index >= 15 is 0 Å². The van der Waals surface area contributed by atoms with Gasteiger partial charge in [-0.2, -0.15) is 0 Å². The predicted molar refractivity (Wildman–Crippen MR) is 190 cm³/mol. The van der Waals surface area contributed by atoms with Gasteiger partial charge in [0.1, 0.15) is 10.9 Å². The van der Waals surface area contributed by atoms with Gasteiger partial charge in [-0.25, -0.2) is 0 Å². The molecule has 0 spiro atoms. The molecule has 5 aromatic carbocycles. The van der Waals surface area contributed by atoms with Crippen LogP contribution in [0.1, 0.15) is 26.7 Å². The van der Waals surface area contributed by atoms with Crippen molar-refractivity contribution in [2.45, 2.75) is 10.1 Å². The third-order valence-electron chi connectivity index (χ3n) is 7.14. The molecule has 0 saturated heterocycles. The number of anilines is 2. The van der Waals surface area contributed by atoms with E-state index in [1.165, 1.54) is 17.8 Å². The molecule has 0 aliphatic carbocycles. The number of benzene rings is 5. The minimum atomic E-state index is -0.634. The molecule has 1 unspecified atom stereocenters. The predicted octanol–water partition coefficient (Wildman–Crippen LogP) is 8.60. The Kier molecular flexibility index (Phi) is 10.3. The normalized spacial score (nSPS) is 12.6. The van der Waals surface area contributed by atoms with Gasteiger partial charge in [-0.1, -0.05) is 83.9 Å². The second-order valence-electron chi connectivity index (χ2n) is 10.5. The maximum absolute atomic E-state index is 13.7. The van der Waals surface area contributed by atoms with E-state index in [2.05, 4.69) is 16.0 Å². The molecule has 0 bridgehead atoms. The van der Waals surface area contributed by atoms with Crippen LogP contribution in [-0.4, -0.2) is 24.5 Å². The molecule has 8 nitrogen and oxygen atoms in total. The fraction of sp³-hybridized carbons (Fsp3) is 0.0541. The smallest absolute Gasteiger partial charge is 0.272 e. The van der Waals surface area contributed by atoms with Crippen LogP contribution < -0.4 is 25.4 Å². The Hall–Kier alpha value is -5.22. The van der Waals surface area contributed by atoms with E-state index in [0.29, 0.717) is 44.0 Å². The first-order valence-corrected chi connectivity index (χ1v) is 16.3. The average Bonchev–Trinajstić information content (AvgIpc) is 3.57. The van der Waals surface area contributed by atoms with Gasteiger partial charge in [0, 0.05) is 43.5 Å². The summed E-state index contributed by atoms with van der Waals surface area (Å²) in [6, 6.07) is 35.2. The Bertz CT molecular complexity index is 1990. The molecule has 5 aromatic rings. The summed E-state index contributed by atoms with van der Waals surface area (Å²) in [6.07, 6.45) is 1.44. The van der Waals surface area contributed by atoms with Crippen LogP contribution in [0.4, 0.5) is 11.4 Å². The van der Waals surface area contributed by atoms with Gasteiger partial charge in [0.15, 0.2) is 11.5 Å². The van der Waals surface area contributed by atoms with Crippen molar-refractivity contribution in [3.63, 3.8) is 0 Å². The SMILES string of the molecule is O=C(Nc1cccc(SC(C(=O)Nc2ccc3c(c2)OCO3)c2ccccc2)c1)/C(=C\c1c(Cl)cccc1Cl)NC(=O)c1ccccc1. The Morgan fingerprint density at radius 2 is 1.38 bits per heavy atom. The second kappa shape index (κ2) is 15.1. The van der Waals surface area contributed by atoms with Crippen LogP contribution in [0.15, 0.2) is 132 Å². The minimum Gasteiger partial charge on any atom is -0.454 e. The number of amides is 3.